The molecule has 3 fully saturated rings. The number of carbonyl (C=O) groups is 2. The Hall–Kier alpha value is -9.09. The van der Waals surface area contributed by atoms with Crippen LogP contribution < -0.4 is 24.6 Å². The van der Waals surface area contributed by atoms with Crippen LogP contribution >= 0.6 is 23.2 Å². The number of nitrogens with one attached hydrogen (secondary N) is 3. The molecular formula is C78H83Cl2N11O9S. The normalized spacial score (nSPS) is 17.9. The molecule has 0 unspecified atom stereocenters. The summed E-state index contributed by atoms with van der Waals surface area (Å²) in [5.41, 5.74) is 9.74. The molecule has 5 aliphatic rings. The van der Waals surface area contributed by atoms with E-state index in [1.165, 1.54) is 70.1 Å². The Kier molecular flexibility index (Phi) is 19.9. The van der Waals surface area contributed by atoms with Gasteiger partial charge in [-0.15, -0.1) is 0 Å². The van der Waals surface area contributed by atoms with Gasteiger partial charge in [0.2, 0.25) is 0 Å². The first-order valence-corrected chi connectivity index (χ1v) is 37.0. The number of rotatable bonds is 20. The average Bonchev–Trinajstić information content (AvgIpc) is 1.20. The first-order valence-electron chi connectivity index (χ1n) is 34.8. The van der Waals surface area contributed by atoms with Crippen molar-refractivity contribution in [3.8, 4) is 23.0 Å². The second-order valence-electron chi connectivity index (χ2n) is 28.9. The molecule has 5 aromatic carbocycles. The van der Waals surface area contributed by atoms with Gasteiger partial charge in [0.1, 0.15) is 40.0 Å². The summed E-state index contributed by atoms with van der Waals surface area (Å²) >= 11 is 12.7. The smallest absolute Gasteiger partial charge is 0.293 e. The fourth-order valence-corrected chi connectivity index (χ4v) is 16.3. The molecule has 3 aliphatic heterocycles. The standard InChI is InChI=1S/C78H83Cl2N11O9S/c1-77(2)25-19-56(67(44-77)52-5-9-58(79)10-6-52)49-86-29-33-88(34-30-86)60-13-16-65(71(41-60)99-62-39-54-21-27-81-73(54)84-47-62)75(92)90(101(96,97)64-15-18-69(70(43-64)91(94)95)83-46-51-23-37-98-38-24-51)76(93)66-17-14-61(42-72(66)100-63-40-55-22-28-82-74(55)85-48-63)89-35-31-87(32-36-89)50-57-20-26-78(3,4)45-68(57)53-7-11-59(80)12-8-53/h5-18,21-22,27-28,39-43,47-48,51,83H,19-20,23-26,29-38,44-46,49-50H2,1-4H3,(H,81,84)(H,82,85). The number of nitrogens with zero attached hydrogens (tertiary/aromatic N) is 8. The quantitative estimate of drug-likeness (QED) is 0.0366. The summed E-state index contributed by atoms with van der Waals surface area (Å²) in [7, 11) is -5.39. The number of piperazine rings is 2. The number of aromatic nitrogens is 4. The predicted octanol–water partition coefficient (Wildman–Crippen LogP) is 16.3. The maximum Gasteiger partial charge on any atom is 0.293 e. The number of allylic oxidation sites excluding steroid dienone is 2. The molecule has 3 N–H and O–H groups in total. The van der Waals surface area contributed by atoms with Gasteiger partial charge in [0.05, 0.1) is 33.3 Å². The van der Waals surface area contributed by atoms with Gasteiger partial charge >= 0.3 is 0 Å². The van der Waals surface area contributed by atoms with Gasteiger partial charge in [-0.25, -0.2) is 18.4 Å². The molecule has 101 heavy (non-hydrogen) atoms. The number of aromatic amines is 2. The third-order valence-electron chi connectivity index (χ3n) is 20.7. The van der Waals surface area contributed by atoms with E-state index in [9.17, 15) is 10.1 Å². The zero-order valence-electron chi connectivity index (χ0n) is 57.3. The lowest BCUT2D eigenvalue weighted by molar-refractivity contribution is -0.384. The van der Waals surface area contributed by atoms with E-state index in [0.717, 1.165) is 96.7 Å². The molecule has 524 valence electrons. The van der Waals surface area contributed by atoms with E-state index in [4.69, 9.17) is 37.4 Å². The van der Waals surface area contributed by atoms with Crippen LogP contribution in [0.15, 0.2) is 168 Å². The largest absolute Gasteiger partial charge is 0.455 e. The summed E-state index contributed by atoms with van der Waals surface area (Å²) in [5, 5.41) is 19.0. The highest BCUT2D eigenvalue weighted by Gasteiger charge is 2.42. The van der Waals surface area contributed by atoms with Crippen molar-refractivity contribution < 1.29 is 37.1 Å². The van der Waals surface area contributed by atoms with Crippen LogP contribution in [0.25, 0.3) is 33.2 Å². The van der Waals surface area contributed by atoms with Crippen molar-refractivity contribution in [3.63, 3.8) is 0 Å². The van der Waals surface area contributed by atoms with Gasteiger partial charge in [0.25, 0.3) is 27.5 Å². The molecule has 3 saturated heterocycles. The topological polar surface area (TPSA) is 225 Å². The number of fused-ring (bicyclic) bond motifs is 2. The zero-order valence-corrected chi connectivity index (χ0v) is 59.6. The average molecular weight is 1420 g/mol. The number of nitro groups is 1. The number of anilines is 3. The third kappa shape index (κ3) is 15.6. The van der Waals surface area contributed by atoms with Gasteiger partial charge in [-0.05, 0) is 175 Å². The molecule has 0 spiro atoms. The van der Waals surface area contributed by atoms with Crippen LogP contribution in [0.4, 0.5) is 22.7 Å². The number of hydrogen-bond acceptors (Lipinski definition) is 16. The SMILES string of the molecule is CC1(C)CCC(CN2CCN(c3ccc(C(=O)N(C(=O)c4ccc(N5CCN(CC6=C(c7ccc(Cl)cc7)CC(C)(C)CC6)CC5)cc4Oc4cnc5[nH]ccc5c4)S(=O)(=O)c4ccc(NCC5CCOCC5)c([N+](=O)[O-])c4)c(Oc4cnc5[nH]ccc5c4)c3)CC2)=C(c2ccc(Cl)cc2)C1. The predicted molar refractivity (Wildman–Crippen MR) is 397 cm³/mol. The summed E-state index contributed by atoms with van der Waals surface area (Å²) in [4.78, 5) is 68.8. The Labute approximate surface area is 598 Å². The van der Waals surface area contributed by atoms with Crippen LogP contribution in [0.3, 0.4) is 0 Å². The fourth-order valence-electron chi connectivity index (χ4n) is 14.8. The number of ether oxygens (including phenoxy) is 3. The van der Waals surface area contributed by atoms with Crippen LogP contribution in [0.1, 0.15) is 111 Å². The minimum atomic E-state index is -5.39. The highest BCUT2D eigenvalue weighted by molar-refractivity contribution is 7.90. The Balaban J connectivity index is 0.816. The van der Waals surface area contributed by atoms with Crippen molar-refractivity contribution in [1.82, 2.24) is 34.0 Å². The van der Waals surface area contributed by atoms with E-state index in [-0.39, 0.29) is 60.9 Å². The molecule has 0 bridgehead atoms. The van der Waals surface area contributed by atoms with E-state index in [1.807, 2.05) is 36.4 Å². The van der Waals surface area contributed by atoms with Crippen LogP contribution in [0.5, 0.6) is 23.0 Å². The summed E-state index contributed by atoms with van der Waals surface area (Å²) in [5.74, 6) is -2.11. The number of halogens is 2. The summed E-state index contributed by atoms with van der Waals surface area (Å²) in [6.45, 7) is 17.7. The van der Waals surface area contributed by atoms with Crippen molar-refractivity contribution in [3.05, 3.63) is 206 Å². The number of sulfonamides is 1. The molecule has 14 rings (SSSR count). The lowest BCUT2D eigenvalue weighted by Gasteiger charge is -2.39. The summed E-state index contributed by atoms with van der Waals surface area (Å²) in [6, 6.07) is 36.5. The first kappa shape index (κ1) is 69.0. The molecule has 0 radical (unpaired) electrons. The van der Waals surface area contributed by atoms with Gasteiger partial charge in [-0.3, -0.25) is 29.5 Å². The van der Waals surface area contributed by atoms with E-state index in [0.29, 0.717) is 89.4 Å². The number of imide groups is 1. The Morgan fingerprint density at radius 1 is 0.634 bits per heavy atom. The molecule has 9 aromatic rings. The van der Waals surface area contributed by atoms with Gasteiger partial charge in [-0.1, -0.05) is 86.3 Å². The highest BCUT2D eigenvalue weighted by atomic mass is 35.5. The van der Waals surface area contributed by atoms with Crippen molar-refractivity contribution in [2.45, 2.75) is 84.0 Å². The number of amides is 2. The number of hydrogen-bond donors (Lipinski definition) is 3. The van der Waals surface area contributed by atoms with Gasteiger partial charge in [-0.2, -0.15) is 4.31 Å². The minimum Gasteiger partial charge on any atom is -0.455 e. The van der Waals surface area contributed by atoms with Crippen molar-refractivity contribution in [2.24, 2.45) is 16.7 Å². The monoisotopic (exact) mass is 1420 g/mol. The lowest BCUT2D eigenvalue weighted by atomic mass is 9.72. The molecule has 23 heteroatoms. The Bertz CT molecular complexity index is 4540. The second-order valence-corrected chi connectivity index (χ2v) is 31.5. The Morgan fingerprint density at radius 2 is 1.10 bits per heavy atom. The van der Waals surface area contributed by atoms with E-state index in [2.05, 4.69) is 96.8 Å². The maximum absolute atomic E-state index is 16.2. The summed E-state index contributed by atoms with van der Waals surface area (Å²) < 4.78 is 51.1. The molecule has 0 atom stereocenters. The molecule has 2 amide bonds. The van der Waals surface area contributed by atoms with Crippen molar-refractivity contribution >= 4 is 101 Å². The van der Waals surface area contributed by atoms with Crippen molar-refractivity contribution in [1.29, 1.82) is 0 Å². The molecular weight excluding hydrogens is 1340 g/mol. The molecule has 4 aromatic heterocycles. The minimum absolute atomic E-state index is 0.0671. The van der Waals surface area contributed by atoms with Crippen LogP contribution in [-0.4, -0.2) is 144 Å². The Morgan fingerprint density at radius 3 is 1.55 bits per heavy atom. The number of carbonyl (C=O) groups excluding carboxylic acids is 2. The van der Waals surface area contributed by atoms with E-state index < -0.39 is 37.3 Å². The number of pyridine rings is 2. The van der Waals surface area contributed by atoms with Crippen LogP contribution in [0.2, 0.25) is 10.0 Å². The van der Waals surface area contributed by atoms with E-state index in [1.54, 1.807) is 48.8 Å². The number of H-pyrrole nitrogens is 2. The summed E-state index contributed by atoms with van der Waals surface area (Å²) in [6.07, 6.45) is 14.0. The lowest BCUT2D eigenvalue weighted by Crippen LogP contribution is -2.47. The molecule has 2 aliphatic carbocycles. The van der Waals surface area contributed by atoms with Crippen molar-refractivity contribution in [2.75, 3.05) is 100 Å². The second kappa shape index (κ2) is 29.1. The van der Waals surface area contributed by atoms with Gasteiger partial charge < -0.3 is 39.3 Å². The number of nitro benzene ring substituents is 1. The molecule has 7 heterocycles. The zero-order chi connectivity index (χ0) is 70.2. The number of benzene rings is 5. The van der Waals surface area contributed by atoms with Crippen LogP contribution in [-0.2, 0) is 14.8 Å². The fraction of sp³-hybridized carbons (Fsp3) is 0.359. The van der Waals surface area contributed by atoms with Crippen LogP contribution in [0, 0.1) is 26.9 Å². The first-order chi connectivity index (χ1) is 48.7. The maximum atomic E-state index is 16.2. The molecule has 0 saturated carbocycles. The molecule has 20 nitrogen and oxygen atoms in total. The van der Waals surface area contributed by atoms with Gasteiger partial charge in [0.15, 0.2) is 0 Å². The van der Waals surface area contributed by atoms with E-state index >= 15 is 18.0 Å². The third-order valence-corrected chi connectivity index (χ3v) is 22.8. The highest BCUT2D eigenvalue weighted by Crippen LogP contribution is 2.46. The van der Waals surface area contributed by atoms with Gasteiger partial charge in [0, 0.05) is 148 Å².